The maximum absolute atomic E-state index is 12.8. The lowest BCUT2D eigenvalue weighted by Gasteiger charge is -2.56. The van der Waals surface area contributed by atoms with E-state index in [4.69, 9.17) is 4.74 Å². The van der Waals surface area contributed by atoms with Gasteiger partial charge in [-0.2, -0.15) is 0 Å². The van der Waals surface area contributed by atoms with Crippen LogP contribution in [0.25, 0.3) is 0 Å². The number of unbranched alkanes of at least 4 members (excludes halogenated alkanes) is 5. The topological polar surface area (TPSA) is 43.4 Å². The van der Waals surface area contributed by atoms with Gasteiger partial charge in [0.05, 0.1) is 5.41 Å². The number of fused-ring (bicyclic) bond motifs is 5. The molecule has 1 heterocycles. The number of cyclic esters (lactones) is 2. The molecule has 162 valence electrons. The van der Waals surface area contributed by atoms with Crippen LogP contribution in [0.4, 0.5) is 0 Å². The molecule has 3 fully saturated rings. The van der Waals surface area contributed by atoms with Gasteiger partial charge in [0.15, 0.2) is 0 Å². The molecule has 3 heteroatoms. The SMILES string of the molecule is CCCCCCCCC1CCC2C3CCC4=CC(=O)OC(=O)C4(C)C3CCC12C. The van der Waals surface area contributed by atoms with E-state index in [1.807, 2.05) is 0 Å². The summed E-state index contributed by atoms with van der Waals surface area (Å²) >= 11 is 0. The zero-order valence-corrected chi connectivity index (χ0v) is 18.8. The maximum Gasteiger partial charge on any atom is 0.338 e. The van der Waals surface area contributed by atoms with Crippen LogP contribution in [0.15, 0.2) is 11.6 Å². The first kappa shape index (κ1) is 21.1. The molecular weight excluding hydrogens is 360 g/mol. The van der Waals surface area contributed by atoms with Crippen LogP contribution in [0.2, 0.25) is 0 Å². The highest BCUT2D eigenvalue weighted by Crippen LogP contribution is 2.66. The quantitative estimate of drug-likeness (QED) is 0.274. The first-order chi connectivity index (χ1) is 13.9. The Kier molecular flexibility index (Phi) is 5.97. The summed E-state index contributed by atoms with van der Waals surface area (Å²) in [5.74, 6) is 1.85. The Bertz CT molecular complexity index is 679. The number of hydrogen-bond acceptors (Lipinski definition) is 3. The van der Waals surface area contributed by atoms with Crippen LogP contribution in [0.3, 0.4) is 0 Å². The zero-order chi connectivity index (χ0) is 20.6. The van der Waals surface area contributed by atoms with Gasteiger partial charge in [-0.3, -0.25) is 4.79 Å². The molecule has 0 bridgehead atoms. The van der Waals surface area contributed by atoms with Gasteiger partial charge < -0.3 is 4.74 Å². The number of ether oxygens (including phenoxy) is 1. The largest absolute Gasteiger partial charge is 0.389 e. The van der Waals surface area contributed by atoms with Gasteiger partial charge in [-0.15, -0.1) is 0 Å². The second kappa shape index (κ2) is 8.19. The third kappa shape index (κ3) is 3.51. The standard InChI is InChI=1S/C26H40O3/c1-4-5-6-7-8-9-10-18-12-14-21-20-13-11-19-17-23(27)29-24(28)26(19,3)22(20)15-16-25(18,21)2/h17-18,20-22H,4-16H2,1-3H3. The average molecular weight is 401 g/mol. The molecule has 3 nitrogen and oxygen atoms in total. The summed E-state index contributed by atoms with van der Waals surface area (Å²) in [6.07, 6.45) is 18.4. The summed E-state index contributed by atoms with van der Waals surface area (Å²) in [5.41, 5.74) is 0.941. The third-order valence-electron chi connectivity index (χ3n) is 9.60. The van der Waals surface area contributed by atoms with E-state index in [0.29, 0.717) is 17.3 Å². The van der Waals surface area contributed by atoms with Crippen LogP contribution in [0.5, 0.6) is 0 Å². The Hall–Kier alpha value is -1.12. The smallest absolute Gasteiger partial charge is 0.338 e. The van der Waals surface area contributed by atoms with E-state index in [1.54, 1.807) is 6.08 Å². The van der Waals surface area contributed by atoms with E-state index in [9.17, 15) is 9.59 Å². The lowest BCUT2D eigenvalue weighted by atomic mass is 9.48. The molecule has 1 aliphatic heterocycles. The first-order valence-corrected chi connectivity index (χ1v) is 12.4. The number of hydrogen-bond donors (Lipinski definition) is 0. The minimum atomic E-state index is -0.560. The van der Waals surface area contributed by atoms with Crippen molar-refractivity contribution in [3.8, 4) is 0 Å². The van der Waals surface area contributed by atoms with Gasteiger partial charge in [-0.25, -0.2) is 4.79 Å². The lowest BCUT2D eigenvalue weighted by molar-refractivity contribution is -0.172. The molecule has 6 unspecified atom stereocenters. The van der Waals surface area contributed by atoms with Crippen molar-refractivity contribution in [2.75, 3.05) is 0 Å². The Balaban J connectivity index is 1.43. The molecular formula is C26H40O3. The lowest BCUT2D eigenvalue weighted by Crippen LogP contribution is -2.54. The van der Waals surface area contributed by atoms with Crippen molar-refractivity contribution < 1.29 is 14.3 Å². The Labute approximate surface area is 177 Å². The van der Waals surface area contributed by atoms with Crippen molar-refractivity contribution in [2.45, 2.75) is 104 Å². The minimum absolute atomic E-state index is 0.278. The van der Waals surface area contributed by atoms with Crippen LogP contribution in [-0.2, 0) is 14.3 Å². The predicted molar refractivity (Wildman–Crippen MR) is 115 cm³/mol. The zero-order valence-electron chi connectivity index (χ0n) is 18.8. The summed E-state index contributed by atoms with van der Waals surface area (Å²) in [6, 6.07) is 0. The summed E-state index contributed by atoms with van der Waals surface area (Å²) in [6.45, 7) is 6.92. The fourth-order valence-electron chi connectivity index (χ4n) is 7.85. The molecule has 3 saturated carbocycles. The van der Waals surface area contributed by atoms with Gasteiger partial charge in [0.1, 0.15) is 0 Å². The van der Waals surface area contributed by atoms with Crippen LogP contribution < -0.4 is 0 Å². The summed E-state index contributed by atoms with van der Waals surface area (Å²) in [5, 5.41) is 0. The van der Waals surface area contributed by atoms with Gasteiger partial charge >= 0.3 is 11.9 Å². The van der Waals surface area contributed by atoms with Gasteiger partial charge in [0, 0.05) is 6.08 Å². The first-order valence-electron chi connectivity index (χ1n) is 12.4. The van der Waals surface area contributed by atoms with E-state index < -0.39 is 11.4 Å². The molecule has 0 aromatic carbocycles. The monoisotopic (exact) mass is 400 g/mol. The van der Waals surface area contributed by atoms with Gasteiger partial charge in [-0.05, 0) is 86.5 Å². The van der Waals surface area contributed by atoms with Crippen molar-refractivity contribution in [2.24, 2.45) is 34.5 Å². The maximum atomic E-state index is 12.8. The van der Waals surface area contributed by atoms with Crippen LogP contribution >= 0.6 is 0 Å². The molecule has 0 aromatic rings. The number of rotatable bonds is 7. The van der Waals surface area contributed by atoms with Gasteiger partial charge in [0.25, 0.3) is 0 Å². The van der Waals surface area contributed by atoms with Crippen LogP contribution in [-0.4, -0.2) is 11.9 Å². The molecule has 29 heavy (non-hydrogen) atoms. The highest BCUT2D eigenvalue weighted by molar-refractivity contribution is 6.00. The fraction of sp³-hybridized carbons (Fsp3) is 0.846. The Morgan fingerprint density at radius 3 is 2.52 bits per heavy atom. The molecule has 4 aliphatic rings. The summed E-state index contributed by atoms with van der Waals surface area (Å²) in [7, 11) is 0. The van der Waals surface area contributed by atoms with Gasteiger partial charge in [0.2, 0.25) is 0 Å². The minimum Gasteiger partial charge on any atom is -0.389 e. The summed E-state index contributed by atoms with van der Waals surface area (Å²) < 4.78 is 5.10. The molecule has 0 amide bonds. The molecule has 0 aromatic heterocycles. The van der Waals surface area contributed by atoms with Crippen molar-refractivity contribution in [3.63, 3.8) is 0 Å². The molecule has 0 spiro atoms. The van der Waals surface area contributed by atoms with Crippen molar-refractivity contribution in [3.05, 3.63) is 11.6 Å². The van der Waals surface area contributed by atoms with E-state index >= 15 is 0 Å². The number of carbonyl (C=O) groups is 2. The molecule has 0 N–H and O–H groups in total. The van der Waals surface area contributed by atoms with E-state index in [-0.39, 0.29) is 5.97 Å². The van der Waals surface area contributed by atoms with Crippen molar-refractivity contribution >= 4 is 11.9 Å². The van der Waals surface area contributed by atoms with Crippen LogP contribution in [0, 0.1) is 34.5 Å². The molecule has 0 saturated heterocycles. The second-order valence-corrected chi connectivity index (χ2v) is 10.9. The normalized spacial score (nSPS) is 41.3. The van der Waals surface area contributed by atoms with Crippen LogP contribution in [0.1, 0.15) is 104 Å². The van der Waals surface area contributed by atoms with E-state index in [2.05, 4.69) is 20.8 Å². The molecule has 6 atom stereocenters. The fourth-order valence-corrected chi connectivity index (χ4v) is 7.85. The van der Waals surface area contributed by atoms with Crippen molar-refractivity contribution in [1.82, 2.24) is 0 Å². The third-order valence-corrected chi connectivity index (χ3v) is 9.60. The van der Waals surface area contributed by atoms with Crippen molar-refractivity contribution in [1.29, 1.82) is 0 Å². The predicted octanol–water partition coefficient (Wildman–Crippen LogP) is 6.61. The summed E-state index contributed by atoms with van der Waals surface area (Å²) in [4.78, 5) is 24.6. The highest BCUT2D eigenvalue weighted by Gasteiger charge is 2.61. The Morgan fingerprint density at radius 1 is 0.966 bits per heavy atom. The second-order valence-electron chi connectivity index (χ2n) is 10.9. The van der Waals surface area contributed by atoms with Gasteiger partial charge in [-0.1, -0.05) is 52.4 Å². The molecule has 3 aliphatic carbocycles. The number of carbonyl (C=O) groups excluding carboxylic acids is 2. The average Bonchev–Trinajstić information content (AvgIpc) is 3.02. The Morgan fingerprint density at radius 2 is 1.72 bits per heavy atom. The number of esters is 2. The molecule has 0 radical (unpaired) electrons. The molecule has 4 rings (SSSR count). The van der Waals surface area contributed by atoms with E-state index in [0.717, 1.165) is 36.7 Å². The van der Waals surface area contributed by atoms with E-state index in [1.165, 1.54) is 64.2 Å². The highest BCUT2D eigenvalue weighted by atomic mass is 16.6.